The number of rotatable bonds is 6. The average molecular weight is 471 g/mol. The summed E-state index contributed by atoms with van der Waals surface area (Å²) in [6, 6.07) is 26.3. The molecular formula is C29H34N4O2. The SMILES string of the molecule is CC.O=C(NCC1(c2nc3c(-c4ccccc4)cccc3[nH]2)CCNCC1)OCc1ccccc1. The van der Waals surface area contributed by atoms with Crippen molar-refractivity contribution in [2.75, 3.05) is 19.6 Å². The number of hydrogen-bond donors (Lipinski definition) is 3. The quantitative estimate of drug-likeness (QED) is 0.333. The number of H-pyrrole nitrogens is 1. The molecule has 3 aromatic carbocycles. The summed E-state index contributed by atoms with van der Waals surface area (Å²) in [7, 11) is 0. The fourth-order valence-corrected chi connectivity index (χ4v) is 4.55. The topological polar surface area (TPSA) is 79.0 Å². The van der Waals surface area contributed by atoms with E-state index in [1.807, 2.05) is 62.4 Å². The number of aromatic amines is 1. The molecule has 0 spiro atoms. The van der Waals surface area contributed by atoms with Gasteiger partial charge in [-0.05, 0) is 43.1 Å². The number of carbonyl (C=O) groups excluding carboxylic acids is 1. The van der Waals surface area contributed by atoms with Gasteiger partial charge in [-0.15, -0.1) is 0 Å². The zero-order valence-electron chi connectivity index (χ0n) is 20.5. The minimum atomic E-state index is -0.405. The van der Waals surface area contributed by atoms with Crippen molar-refractivity contribution in [3.05, 3.63) is 90.3 Å². The summed E-state index contributed by atoms with van der Waals surface area (Å²) in [5, 5.41) is 6.43. The molecule has 1 saturated heterocycles. The van der Waals surface area contributed by atoms with Crippen LogP contribution in [0.5, 0.6) is 0 Å². The Bertz CT molecular complexity index is 1220. The van der Waals surface area contributed by atoms with Crippen LogP contribution in [0.15, 0.2) is 78.9 Å². The van der Waals surface area contributed by atoms with Crippen molar-refractivity contribution in [2.45, 2.75) is 38.7 Å². The summed E-state index contributed by atoms with van der Waals surface area (Å²) in [4.78, 5) is 21.1. The predicted octanol–water partition coefficient (Wildman–Crippen LogP) is 5.80. The zero-order valence-corrected chi connectivity index (χ0v) is 20.5. The Morgan fingerprint density at radius 1 is 0.943 bits per heavy atom. The van der Waals surface area contributed by atoms with Crippen LogP contribution in [0.3, 0.4) is 0 Å². The molecule has 6 heteroatoms. The first-order chi connectivity index (χ1) is 17.2. The van der Waals surface area contributed by atoms with Gasteiger partial charge in [-0.2, -0.15) is 0 Å². The van der Waals surface area contributed by atoms with E-state index in [0.717, 1.165) is 59.5 Å². The molecule has 1 aliphatic heterocycles. The molecule has 2 heterocycles. The van der Waals surface area contributed by atoms with Crippen molar-refractivity contribution in [1.82, 2.24) is 20.6 Å². The molecule has 0 radical (unpaired) electrons. The van der Waals surface area contributed by atoms with Crippen LogP contribution in [0.4, 0.5) is 4.79 Å². The second-order valence-corrected chi connectivity index (χ2v) is 8.60. The fourth-order valence-electron chi connectivity index (χ4n) is 4.55. The Kier molecular flexibility index (Phi) is 8.16. The third kappa shape index (κ3) is 5.72. The van der Waals surface area contributed by atoms with Crippen LogP contribution in [0.25, 0.3) is 22.2 Å². The molecule has 5 rings (SSSR count). The molecule has 4 aromatic rings. The van der Waals surface area contributed by atoms with Crippen LogP contribution >= 0.6 is 0 Å². The van der Waals surface area contributed by atoms with Gasteiger partial charge in [0.25, 0.3) is 0 Å². The van der Waals surface area contributed by atoms with Gasteiger partial charge in [0.15, 0.2) is 0 Å². The number of aromatic nitrogens is 2. The lowest BCUT2D eigenvalue weighted by atomic mass is 9.78. The number of fused-ring (bicyclic) bond motifs is 1. The van der Waals surface area contributed by atoms with E-state index in [1.54, 1.807) is 0 Å². The second-order valence-electron chi connectivity index (χ2n) is 8.60. The van der Waals surface area contributed by atoms with Gasteiger partial charge in [0, 0.05) is 17.5 Å². The summed E-state index contributed by atoms with van der Waals surface area (Å²) >= 11 is 0. The second kappa shape index (κ2) is 11.7. The van der Waals surface area contributed by atoms with Crippen LogP contribution < -0.4 is 10.6 Å². The van der Waals surface area contributed by atoms with Gasteiger partial charge >= 0.3 is 6.09 Å². The van der Waals surface area contributed by atoms with Gasteiger partial charge in [0.05, 0.1) is 11.0 Å². The van der Waals surface area contributed by atoms with E-state index < -0.39 is 6.09 Å². The van der Waals surface area contributed by atoms with Gasteiger partial charge in [-0.1, -0.05) is 86.6 Å². The first-order valence-electron chi connectivity index (χ1n) is 12.4. The first kappa shape index (κ1) is 24.5. The van der Waals surface area contributed by atoms with E-state index in [2.05, 4.69) is 45.9 Å². The third-order valence-electron chi connectivity index (χ3n) is 6.44. The van der Waals surface area contributed by atoms with Crippen molar-refractivity contribution in [1.29, 1.82) is 0 Å². The van der Waals surface area contributed by atoms with Crippen molar-refractivity contribution >= 4 is 17.1 Å². The summed E-state index contributed by atoms with van der Waals surface area (Å²) in [6.45, 7) is 6.49. The maximum atomic E-state index is 12.5. The molecule has 0 saturated carbocycles. The first-order valence-corrected chi connectivity index (χ1v) is 12.4. The van der Waals surface area contributed by atoms with Gasteiger partial charge in [-0.3, -0.25) is 0 Å². The van der Waals surface area contributed by atoms with Gasteiger partial charge in [0.2, 0.25) is 0 Å². The molecule has 182 valence electrons. The van der Waals surface area contributed by atoms with Gasteiger partial charge < -0.3 is 20.4 Å². The number of ether oxygens (including phenoxy) is 1. The maximum absolute atomic E-state index is 12.5. The van der Waals surface area contributed by atoms with Crippen LogP contribution in [0, 0.1) is 0 Å². The summed E-state index contributed by atoms with van der Waals surface area (Å²) < 4.78 is 5.44. The molecule has 6 nitrogen and oxygen atoms in total. The van der Waals surface area contributed by atoms with E-state index >= 15 is 0 Å². The number of nitrogens with one attached hydrogen (secondary N) is 3. The molecule has 1 fully saturated rings. The molecule has 0 aliphatic carbocycles. The van der Waals surface area contributed by atoms with Crippen LogP contribution in [-0.2, 0) is 16.8 Å². The minimum Gasteiger partial charge on any atom is -0.445 e. The van der Waals surface area contributed by atoms with Crippen molar-refractivity contribution in [2.24, 2.45) is 0 Å². The van der Waals surface area contributed by atoms with E-state index in [0.29, 0.717) is 6.54 Å². The Morgan fingerprint density at radius 2 is 1.63 bits per heavy atom. The van der Waals surface area contributed by atoms with Crippen molar-refractivity contribution in [3.8, 4) is 11.1 Å². The molecule has 0 unspecified atom stereocenters. The minimum absolute atomic E-state index is 0.256. The number of hydrogen-bond acceptors (Lipinski definition) is 4. The molecule has 1 aliphatic rings. The highest BCUT2D eigenvalue weighted by atomic mass is 16.5. The van der Waals surface area contributed by atoms with Crippen LogP contribution in [0.2, 0.25) is 0 Å². The highest BCUT2D eigenvalue weighted by molar-refractivity contribution is 5.92. The van der Waals surface area contributed by atoms with Crippen LogP contribution in [-0.4, -0.2) is 35.7 Å². The Hall–Kier alpha value is -3.64. The fraction of sp³-hybridized carbons (Fsp3) is 0.310. The molecule has 35 heavy (non-hydrogen) atoms. The Labute approximate surface area is 207 Å². The monoisotopic (exact) mass is 470 g/mol. The number of piperidine rings is 1. The van der Waals surface area contributed by atoms with Crippen LogP contribution in [0.1, 0.15) is 38.1 Å². The highest BCUT2D eigenvalue weighted by Crippen LogP contribution is 2.35. The average Bonchev–Trinajstić information content (AvgIpc) is 3.39. The molecular weight excluding hydrogens is 436 g/mol. The standard InChI is InChI=1S/C27H28N4O2.C2H6/c32-26(33-18-20-8-3-1-4-9-20)29-19-27(14-16-28-17-15-27)25-30-23-13-7-12-22(24(23)31-25)21-10-5-2-6-11-21;1-2/h1-13,28H,14-19H2,(H,29,32)(H,30,31);1-2H3. The Balaban J connectivity index is 0.00000141. The normalized spacial score (nSPS) is 14.6. The summed E-state index contributed by atoms with van der Waals surface area (Å²) in [6.07, 6.45) is 1.36. The third-order valence-corrected chi connectivity index (χ3v) is 6.44. The largest absolute Gasteiger partial charge is 0.445 e. The number of imidazole rings is 1. The van der Waals surface area contributed by atoms with Crippen molar-refractivity contribution in [3.63, 3.8) is 0 Å². The smallest absolute Gasteiger partial charge is 0.407 e. The number of carbonyl (C=O) groups is 1. The summed E-state index contributed by atoms with van der Waals surface area (Å²) in [5.41, 5.74) is 4.91. The lowest BCUT2D eigenvalue weighted by molar-refractivity contribution is 0.134. The van der Waals surface area contributed by atoms with Gasteiger partial charge in [-0.25, -0.2) is 9.78 Å². The van der Waals surface area contributed by atoms with Crippen molar-refractivity contribution < 1.29 is 9.53 Å². The lowest BCUT2D eigenvalue weighted by Gasteiger charge is -2.36. The molecule has 0 atom stereocenters. The Morgan fingerprint density at radius 3 is 2.34 bits per heavy atom. The lowest BCUT2D eigenvalue weighted by Crippen LogP contribution is -2.48. The van der Waals surface area contributed by atoms with E-state index in [1.165, 1.54) is 0 Å². The molecule has 1 aromatic heterocycles. The van der Waals surface area contributed by atoms with E-state index in [-0.39, 0.29) is 12.0 Å². The number of para-hydroxylation sites is 1. The van der Waals surface area contributed by atoms with Gasteiger partial charge in [0.1, 0.15) is 12.4 Å². The number of nitrogens with zero attached hydrogens (tertiary/aromatic N) is 1. The maximum Gasteiger partial charge on any atom is 0.407 e. The predicted molar refractivity (Wildman–Crippen MR) is 141 cm³/mol. The molecule has 0 bridgehead atoms. The molecule has 3 N–H and O–H groups in total. The number of amides is 1. The molecule has 1 amide bonds. The number of benzene rings is 3. The summed E-state index contributed by atoms with van der Waals surface area (Å²) in [5.74, 6) is 0.922. The number of alkyl carbamates (subject to hydrolysis) is 1. The van der Waals surface area contributed by atoms with E-state index in [9.17, 15) is 4.79 Å². The zero-order chi connectivity index (χ0) is 24.5. The highest BCUT2D eigenvalue weighted by Gasteiger charge is 2.37. The van der Waals surface area contributed by atoms with E-state index in [4.69, 9.17) is 9.72 Å².